The lowest BCUT2D eigenvalue weighted by atomic mass is 10.0. The number of H-pyrrole nitrogens is 1. The first-order valence-electron chi connectivity index (χ1n) is 11.3. The van der Waals surface area contributed by atoms with Crippen molar-refractivity contribution in [1.82, 2.24) is 19.7 Å². The molecule has 0 spiro atoms. The fourth-order valence-electron chi connectivity index (χ4n) is 4.87. The van der Waals surface area contributed by atoms with E-state index in [2.05, 4.69) is 33.4 Å². The number of rotatable bonds is 5. The Morgan fingerprint density at radius 1 is 1.06 bits per heavy atom. The van der Waals surface area contributed by atoms with Crippen molar-refractivity contribution in [1.29, 1.82) is 0 Å². The number of carbonyl (C=O) groups excluding carboxylic acids is 1. The fraction of sp³-hybridized carbons (Fsp3) is 0.360. The highest BCUT2D eigenvalue weighted by molar-refractivity contribution is 5.86. The number of hydrogen-bond acceptors (Lipinski definition) is 4. The van der Waals surface area contributed by atoms with Crippen LogP contribution in [0.3, 0.4) is 0 Å². The molecule has 0 bridgehead atoms. The third-order valence-corrected chi connectivity index (χ3v) is 6.83. The van der Waals surface area contributed by atoms with E-state index >= 15 is 0 Å². The van der Waals surface area contributed by atoms with Gasteiger partial charge in [-0.05, 0) is 65.6 Å². The van der Waals surface area contributed by atoms with E-state index in [0.717, 1.165) is 61.5 Å². The molecular formula is C25H25N5O2. The van der Waals surface area contributed by atoms with Crippen LogP contribution in [0, 0.1) is 11.8 Å². The first-order valence-corrected chi connectivity index (χ1v) is 11.3. The fourth-order valence-corrected chi connectivity index (χ4v) is 4.87. The van der Waals surface area contributed by atoms with Gasteiger partial charge >= 0.3 is 5.69 Å². The van der Waals surface area contributed by atoms with E-state index < -0.39 is 0 Å². The second-order valence-corrected chi connectivity index (χ2v) is 9.13. The zero-order valence-electron chi connectivity index (χ0n) is 17.8. The topological polar surface area (TPSA) is 83.4 Å². The molecule has 3 aliphatic rings. The Bertz CT molecular complexity index is 1270. The standard InChI is InChI=1S/C25H25N5O2/c31-24(18-1-2-18)29-10-9-16(15-29)11-23-27-28-25(32)30(23)22-7-5-17(6-8-22)19-3-4-20-13-26-14-21(20)12-19/h3-8,12-13,16,18H,1-2,9-11,14-15H2,(H,28,32)/t16-/m0/s1. The van der Waals surface area contributed by atoms with E-state index in [1.807, 2.05) is 35.4 Å². The Hall–Kier alpha value is -3.48. The van der Waals surface area contributed by atoms with Gasteiger partial charge in [0.1, 0.15) is 5.82 Å². The molecule has 1 atom stereocenters. The maximum absolute atomic E-state index is 12.5. The highest BCUT2D eigenvalue weighted by atomic mass is 16.2. The number of aromatic amines is 1. The number of aromatic nitrogens is 3. The van der Waals surface area contributed by atoms with E-state index in [0.29, 0.717) is 18.2 Å². The normalized spacial score (nSPS) is 19.5. The molecule has 1 saturated carbocycles. The predicted octanol–water partition coefficient (Wildman–Crippen LogP) is 2.96. The minimum absolute atomic E-state index is 0.230. The van der Waals surface area contributed by atoms with Crippen LogP contribution in [0.5, 0.6) is 0 Å². The molecule has 0 unspecified atom stereocenters. The molecule has 7 heteroatoms. The monoisotopic (exact) mass is 427 g/mol. The minimum Gasteiger partial charge on any atom is -0.342 e. The molecule has 6 rings (SSSR count). The zero-order chi connectivity index (χ0) is 21.7. The summed E-state index contributed by atoms with van der Waals surface area (Å²) in [5.74, 6) is 1.62. The Kier molecular flexibility index (Phi) is 4.56. The molecule has 2 aliphatic heterocycles. The summed E-state index contributed by atoms with van der Waals surface area (Å²) >= 11 is 0. The molecule has 1 aromatic heterocycles. The van der Waals surface area contributed by atoms with Gasteiger partial charge in [0.2, 0.25) is 5.91 Å². The lowest BCUT2D eigenvalue weighted by molar-refractivity contribution is -0.131. The molecule has 0 radical (unpaired) electrons. The summed E-state index contributed by atoms with van der Waals surface area (Å²) in [6.07, 6.45) is 5.63. The third kappa shape index (κ3) is 3.47. The lowest BCUT2D eigenvalue weighted by Gasteiger charge is -2.16. The molecule has 1 amide bonds. The molecular weight excluding hydrogens is 402 g/mol. The van der Waals surface area contributed by atoms with E-state index in [-0.39, 0.29) is 11.6 Å². The Labute approximate surface area is 185 Å². The molecule has 162 valence electrons. The minimum atomic E-state index is -0.230. The molecule has 3 aromatic rings. The number of benzene rings is 2. The smallest absolute Gasteiger partial charge is 0.342 e. The van der Waals surface area contributed by atoms with Crippen LogP contribution < -0.4 is 5.69 Å². The van der Waals surface area contributed by atoms with Gasteiger partial charge in [0.15, 0.2) is 0 Å². The van der Waals surface area contributed by atoms with Crippen LogP contribution in [-0.2, 0) is 17.8 Å². The zero-order valence-corrected chi connectivity index (χ0v) is 17.8. The Balaban J connectivity index is 1.20. The summed E-state index contributed by atoms with van der Waals surface area (Å²) in [5.41, 5.74) is 5.25. The van der Waals surface area contributed by atoms with Gasteiger partial charge < -0.3 is 4.90 Å². The van der Waals surface area contributed by atoms with Gasteiger partial charge in [-0.2, -0.15) is 5.10 Å². The van der Waals surface area contributed by atoms with Crippen LogP contribution in [0.15, 0.2) is 52.3 Å². The lowest BCUT2D eigenvalue weighted by Crippen LogP contribution is -2.30. The number of nitrogens with one attached hydrogen (secondary N) is 1. The molecule has 2 aromatic carbocycles. The Morgan fingerprint density at radius 2 is 1.88 bits per heavy atom. The molecule has 3 heterocycles. The van der Waals surface area contributed by atoms with Crippen molar-refractivity contribution in [2.45, 2.75) is 32.2 Å². The van der Waals surface area contributed by atoms with Gasteiger partial charge in [-0.25, -0.2) is 14.5 Å². The quantitative estimate of drug-likeness (QED) is 0.680. The maximum atomic E-state index is 12.5. The van der Waals surface area contributed by atoms with Crippen LogP contribution in [0.1, 0.15) is 36.2 Å². The molecule has 2 fully saturated rings. The average Bonchev–Trinajstić information content (AvgIpc) is 3.20. The van der Waals surface area contributed by atoms with Crippen molar-refractivity contribution in [2.75, 3.05) is 13.1 Å². The number of likely N-dealkylation sites (tertiary alicyclic amines) is 1. The summed E-state index contributed by atoms with van der Waals surface area (Å²) < 4.78 is 1.66. The van der Waals surface area contributed by atoms with Crippen LogP contribution in [0.2, 0.25) is 0 Å². The molecule has 32 heavy (non-hydrogen) atoms. The molecule has 1 aliphatic carbocycles. The summed E-state index contributed by atoms with van der Waals surface area (Å²) in [4.78, 5) is 31.2. The summed E-state index contributed by atoms with van der Waals surface area (Å²) in [5, 5.41) is 6.91. The second kappa shape index (κ2) is 7.58. The van der Waals surface area contributed by atoms with Crippen LogP contribution in [0.4, 0.5) is 0 Å². The second-order valence-electron chi connectivity index (χ2n) is 9.13. The number of nitrogens with zero attached hydrogens (tertiary/aromatic N) is 4. The predicted molar refractivity (Wildman–Crippen MR) is 122 cm³/mol. The van der Waals surface area contributed by atoms with Crippen molar-refractivity contribution in [2.24, 2.45) is 16.8 Å². The van der Waals surface area contributed by atoms with E-state index in [1.54, 1.807) is 4.57 Å². The Morgan fingerprint density at radius 3 is 2.69 bits per heavy atom. The number of aliphatic imine (C=N–C) groups is 1. The van der Waals surface area contributed by atoms with Crippen LogP contribution in [0.25, 0.3) is 16.8 Å². The SMILES string of the molecule is O=C(C1CC1)N1CC[C@@H](Cc2n[nH]c(=O)n2-c2ccc(-c3ccc4c(c3)CN=C4)cc2)C1. The maximum Gasteiger partial charge on any atom is 0.347 e. The van der Waals surface area contributed by atoms with Crippen molar-refractivity contribution in [3.63, 3.8) is 0 Å². The summed E-state index contributed by atoms with van der Waals surface area (Å²) in [6, 6.07) is 14.4. The first kappa shape index (κ1) is 19.2. The number of amides is 1. The van der Waals surface area contributed by atoms with E-state index in [9.17, 15) is 9.59 Å². The molecule has 1 saturated heterocycles. The van der Waals surface area contributed by atoms with E-state index in [1.165, 1.54) is 11.1 Å². The van der Waals surface area contributed by atoms with Crippen molar-refractivity contribution in [3.8, 4) is 16.8 Å². The van der Waals surface area contributed by atoms with E-state index in [4.69, 9.17) is 0 Å². The van der Waals surface area contributed by atoms with Gasteiger partial charge in [0, 0.05) is 31.6 Å². The van der Waals surface area contributed by atoms with Gasteiger partial charge in [-0.3, -0.25) is 9.79 Å². The third-order valence-electron chi connectivity index (χ3n) is 6.83. The van der Waals surface area contributed by atoms with Crippen LogP contribution in [-0.4, -0.2) is 44.9 Å². The van der Waals surface area contributed by atoms with Crippen molar-refractivity contribution < 1.29 is 4.79 Å². The summed E-state index contributed by atoms with van der Waals surface area (Å²) in [6.45, 7) is 2.31. The highest BCUT2D eigenvalue weighted by Gasteiger charge is 2.36. The molecule has 1 N–H and O–H groups in total. The number of fused-ring (bicyclic) bond motifs is 1. The van der Waals surface area contributed by atoms with Gasteiger partial charge in [0.25, 0.3) is 0 Å². The first-order chi connectivity index (χ1) is 15.7. The van der Waals surface area contributed by atoms with Crippen molar-refractivity contribution in [3.05, 3.63) is 69.9 Å². The summed E-state index contributed by atoms with van der Waals surface area (Å²) in [7, 11) is 0. The van der Waals surface area contributed by atoms with Crippen molar-refractivity contribution >= 4 is 12.1 Å². The largest absolute Gasteiger partial charge is 0.347 e. The molecule has 7 nitrogen and oxygen atoms in total. The van der Waals surface area contributed by atoms with Crippen LogP contribution >= 0.6 is 0 Å². The highest BCUT2D eigenvalue weighted by Crippen LogP contribution is 2.33. The number of hydrogen-bond donors (Lipinski definition) is 1. The van der Waals surface area contributed by atoms with Gasteiger partial charge in [-0.1, -0.05) is 24.3 Å². The number of carbonyl (C=O) groups is 1. The van der Waals surface area contributed by atoms with Gasteiger partial charge in [-0.15, -0.1) is 0 Å². The van der Waals surface area contributed by atoms with Gasteiger partial charge in [0.05, 0.1) is 12.2 Å². The average molecular weight is 428 g/mol.